The molecule has 5 nitrogen and oxygen atoms in total. The van der Waals surface area contributed by atoms with Crippen LogP contribution < -0.4 is 4.90 Å². The Morgan fingerprint density at radius 1 is 0.931 bits per heavy atom. The molecule has 0 aliphatic carbocycles. The SMILES string of the molecule is CC(=O)c1ccc(N2CCN(C(=O)c3csc(-c4ccc(C)cc4)n3)CC2)cc1. The third-order valence-electron chi connectivity index (χ3n) is 5.23. The maximum absolute atomic E-state index is 12.9. The number of ketones is 1. The summed E-state index contributed by atoms with van der Waals surface area (Å²) < 4.78 is 0. The van der Waals surface area contributed by atoms with Crippen molar-refractivity contribution in [3.63, 3.8) is 0 Å². The number of hydrogen-bond donors (Lipinski definition) is 0. The van der Waals surface area contributed by atoms with E-state index in [1.54, 1.807) is 6.92 Å². The Labute approximate surface area is 174 Å². The Morgan fingerprint density at radius 2 is 1.59 bits per heavy atom. The first-order chi connectivity index (χ1) is 14.0. The first kappa shape index (κ1) is 19.3. The van der Waals surface area contributed by atoms with E-state index in [0.29, 0.717) is 18.8 Å². The van der Waals surface area contributed by atoms with Gasteiger partial charge in [-0.3, -0.25) is 9.59 Å². The molecular weight excluding hydrogens is 382 g/mol. The van der Waals surface area contributed by atoms with Crippen LogP contribution in [0.1, 0.15) is 33.3 Å². The van der Waals surface area contributed by atoms with E-state index in [2.05, 4.69) is 28.9 Å². The summed E-state index contributed by atoms with van der Waals surface area (Å²) in [7, 11) is 0. The van der Waals surface area contributed by atoms with Gasteiger partial charge in [-0.05, 0) is 38.1 Å². The predicted octanol–water partition coefficient (Wildman–Crippen LogP) is 4.28. The number of benzene rings is 2. The van der Waals surface area contributed by atoms with Crippen LogP contribution in [0.5, 0.6) is 0 Å². The number of piperazine rings is 1. The molecule has 0 atom stereocenters. The lowest BCUT2D eigenvalue weighted by atomic mass is 10.1. The highest BCUT2D eigenvalue weighted by Gasteiger charge is 2.24. The van der Waals surface area contributed by atoms with Crippen LogP contribution in [0.25, 0.3) is 10.6 Å². The molecule has 1 fully saturated rings. The van der Waals surface area contributed by atoms with Gasteiger partial charge in [-0.25, -0.2) is 4.98 Å². The van der Waals surface area contributed by atoms with E-state index in [-0.39, 0.29) is 11.7 Å². The zero-order chi connectivity index (χ0) is 20.4. The summed E-state index contributed by atoms with van der Waals surface area (Å²) in [5.41, 5.74) is 4.56. The third-order valence-corrected chi connectivity index (χ3v) is 6.12. The molecule has 2 aromatic carbocycles. The Kier molecular flexibility index (Phi) is 5.45. The molecule has 0 spiro atoms. The molecule has 0 radical (unpaired) electrons. The molecule has 0 unspecified atom stereocenters. The number of amides is 1. The summed E-state index contributed by atoms with van der Waals surface area (Å²) in [6, 6.07) is 15.9. The van der Waals surface area contributed by atoms with Crippen molar-refractivity contribution < 1.29 is 9.59 Å². The number of hydrogen-bond acceptors (Lipinski definition) is 5. The average molecular weight is 406 g/mol. The minimum absolute atomic E-state index is 0.00816. The maximum Gasteiger partial charge on any atom is 0.273 e. The van der Waals surface area contributed by atoms with Gasteiger partial charge in [-0.1, -0.05) is 29.8 Å². The largest absolute Gasteiger partial charge is 0.368 e. The molecule has 3 aromatic rings. The van der Waals surface area contributed by atoms with Crippen LogP contribution >= 0.6 is 11.3 Å². The Balaban J connectivity index is 1.39. The summed E-state index contributed by atoms with van der Waals surface area (Å²) in [5.74, 6) is 0.0615. The van der Waals surface area contributed by atoms with Gasteiger partial charge in [0.1, 0.15) is 10.7 Å². The van der Waals surface area contributed by atoms with Gasteiger partial charge in [0.15, 0.2) is 5.78 Å². The number of aryl methyl sites for hydroxylation is 1. The van der Waals surface area contributed by atoms with Crippen molar-refractivity contribution in [3.8, 4) is 10.6 Å². The van der Waals surface area contributed by atoms with Gasteiger partial charge in [-0.2, -0.15) is 0 Å². The number of Topliss-reactive ketones (excluding diaryl/α,β-unsaturated/α-hetero) is 1. The molecular formula is C23H23N3O2S. The Bertz CT molecular complexity index is 1020. The third kappa shape index (κ3) is 4.22. The highest BCUT2D eigenvalue weighted by atomic mass is 32.1. The molecule has 1 saturated heterocycles. The van der Waals surface area contributed by atoms with Crippen molar-refractivity contribution >= 4 is 28.7 Å². The fourth-order valence-corrected chi connectivity index (χ4v) is 4.24. The van der Waals surface area contributed by atoms with Crippen molar-refractivity contribution in [2.24, 2.45) is 0 Å². The van der Waals surface area contributed by atoms with E-state index in [1.807, 2.05) is 46.7 Å². The van der Waals surface area contributed by atoms with E-state index in [4.69, 9.17) is 0 Å². The van der Waals surface area contributed by atoms with Gasteiger partial charge in [-0.15, -0.1) is 11.3 Å². The molecule has 0 bridgehead atoms. The second-order valence-electron chi connectivity index (χ2n) is 7.29. The summed E-state index contributed by atoms with van der Waals surface area (Å²) >= 11 is 1.51. The molecule has 6 heteroatoms. The number of nitrogens with zero attached hydrogens (tertiary/aromatic N) is 3. The van der Waals surface area contributed by atoms with Gasteiger partial charge in [0, 0.05) is 48.4 Å². The van der Waals surface area contributed by atoms with Crippen molar-refractivity contribution in [2.45, 2.75) is 13.8 Å². The summed E-state index contributed by atoms with van der Waals surface area (Å²) in [5, 5.41) is 2.72. The number of rotatable bonds is 4. The topological polar surface area (TPSA) is 53.5 Å². The van der Waals surface area contributed by atoms with Gasteiger partial charge < -0.3 is 9.80 Å². The molecule has 0 saturated carbocycles. The van der Waals surface area contributed by atoms with Crippen LogP contribution in [-0.2, 0) is 0 Å². The zero-order valence-corrected chi connectivity index (χ0v) is 17.4. The van der Waals surface area contributed by atoms with Crippen molar-refractivity contribution in [1.82, 2.24) is 9.88 Å². The molecule has 1 aliphatic heterocycles. The predicted molar refractivity (Wildman–Crippen MR) is 117 cm³/mol. The molecule has 2 heterocycles. The van der Waals surface area contributed by atoms with Crippen LogP contribution in [0.4, 0.5) is 5.69 Å². The highest BCUT2D eigenvalue weighted by Crippen LogP contribution is 2.25. The monoisotopic (exact) mass is 405 g/mol. The second-order valence-corrected chi connectivity index (χ2v) is 8.14. The first-order valence-electron chi connectivity index (χ1n) is 9.69. The molecule has 1 amide bonds. The zero-order valence-electron chi connectivity index (χ0n) is 16.6. The first-order valence-corrected chi connectivity index (χ1v) is 10.6. The minimum atomic E-state index is -0.00816. The van der Waals surface area contributed by atoms with E-state index in [1.165, 1.54) is 16.9 Å². The van der Waals surface area contributed by atoms with E-state index < -0.39 is 0 Å². The molecule has 1 aliphatic rings. The molecule has 148 valence electrons. The van der Waals surface area contributed by atoms with Crippen molar-refractivity contribution in [1.29, 1.82) is 0 Å². The number of carbonyl (C=O) groups is 2. The Hall–Kier alpha value is -2.99. The quantitative estimate of drug-likeness (QED) is 0.608. The number of aromatic nitrogens is 1. The van der Waals surface area contributed by atoms with Crippen molar-refractivity contribution in [3.05, 3.63) is 70.7 Å². The standard InChI is InChI=1S/C23H23N3O2S/c1-16-3-5-19(6-4-16)22-24-21(15-29-22)23(28)26-13-11-25(12-14-26)20-9-7-18(8-10-20)17(2)27/h3-10,15H,11-14H2,1-2H3. The highest BCUT2D eigenvalue weighted by molar-refractivity contribution is 7.13. The number of anilines is 1. The van der Waals surface area contributed by atoms with Crippen LogP contribution in [0.3, 0.4) is 0 Å². The maximum atomic E-state index is 12.9. The lowest BCUT2D eigenvalue weighted by Crippen LogP contribution is -2.48. The lowest BCUT2D eigenvalue weighted by molar-refractivity contribution is 0.0741. The van der Waals surface area contributed by atoms with Crippen LogP contribution in [0.15, 0.2) is 53.9 Å². The normalized spacial score (nSPS) is 14.1. The average Bonchev–Trinajstić information content (AvgIpc) is 3.24. The van der Waals surface area contributed by atoms with Gasteiger partial charge in [0.25, 0.3) is 5.91 Å². The fraction of sp³-hybridized carbons (Fsp3) is 0.261. The molecule has 1 aromatic heterocycles. The minimum Gasteiger partial charge on any atom is -0.368 e. The molecule has 29 heavy (non-hydrogen) atoms. The van der Waals surface area contributed by atoms with Crippen LogP contribution in [0.2, 0.25) is 0 Å². The molecule has 4 rings (SSSR count). The summed E-state index contributed by atoms with van der Waals surface area (Å²) in [4.78, 5) is 33.0. The summed E-state index contributed by atoms with van der Waals surface area (Å²) in [6.07, 6.45) is 0. The van der Waals surface area contributed by atoms with Gasteiger partial charge >= 0.3 is 0 Å². The number of thiazole rings is 1. The number of carbonyl (C=O) groups excluding carboxylic acids is 2. The van der Waals surface area contributed by atoms with Gasteiger partial charge in [0.2, 0.25) is 0 Å². The van der Waals surface area contributed by atoms with E-state index in [0.717, 1.165) is 34.9 Å². The van der Waals surface area contributed by atoms with Gasteiger partial charge in [0.05, 0.1) is 0 Å². The summed E-state index contributed by atoms with van der Waals surface area (Å²) in [6.45, 7) is 6.47. The smallest absolute Gasteiger partial charge is 0.273 e. The van der Waals surface area contributed by atoms with Crippen LogP contribution in [0, 0.1) is 6.92 Å². The van der Waals surface area contributed by atoms with Crippen LogP contribution in [-0.4, -0.2) is 47.8 Å². The van der Waals surface area contributed by atoms with E-state index >= 15 is 0 Å². The van der Waals surface area contributed by atoms with E-state index in [9.17, 15) is 9.59 Å². The Morgan fingerprint density at radius 3 is 2.21 bits per heavy atom. The lowest BCUT2D eigenvalue weighted by Gasteiger charge is -2.35. The molecule has 0 N–H and O–H groups in total. The second kappa shape index (κ2) is 8.17. The van der Waals surface area contributed by atoms with Crippen molar-refractivity contribution in [2.75, 3.05) is 31.1 Å². The fourth-order valence-electron chi connectivity index (χ4n) is 3.44.